The van der Waals surface area contributed by atoms with Gasteiger partial charge in [-0.2, -0.15) is 0 Å². The second-order valence-corrected chi connectivity index (χ2v) is 7.66. The fourth-order valence-corrected chi connectivity index (χ4v) is 3.93. The van der Waals surface area contributed by atoms with Crippen molar-refractivity contribution in [1.29, 1.82) is 0 Å². The Labute approximate surface area is 147 Å². The van der Waals surface area contributed by atoms with Crippen LogP contribution < -0.4 is 0 Å². The molecule has 0 aromatic heterocycles. The average molecular weight is 335 g/mol. The summed E-state index contributed by atoms with van der Waals surface area (Å²) in [6, 6.07) is 0. The number of esters is 1. The Morgan fingerprint density at radius 2 is 1.92 bits per heavy atom. The molecule has 0 N–H and O–H groups in total. The van der Waals surface area contributed by atoms with Crippen LogP contribution in [0.2, 0.25) is 0 Å². The molecule has 1 aliphatic carbocycles. The van der Waals surface area contributed by atoms with Gasteiger partial charge in [-0.1, -0.05) is 30.2 Å². The van der Waals surface area contributed by atoms with Crippen LogP contribution in [0.25, 0.3) is 0 Å². The first-order chi connectivity index (χ1) is 11.4. The van der Waals surface area contributed by atoms with Gasteiger partial charge >= 0.3 is 5.97 Å². The quantitative estimate of drug-likeness (QED) is 0.397. The van der Waals surface area contributed by atoms with Gasteiger partial charge in [-0.15, -0.1) is 0 Å². The Morgan fingerprint density at radius 3 is 2.67 bits per heavy atom. The molecule has 0 radical (unpaired) electrons. The summed E-state index contributed by atoms with van der Waals surface area (Å²) in [4.78, 5) is 11.1. The highest BCUT2D eigenvalue weighted by Gasteiger charge is 2.58. The average Bonchev–Trinajstić information content (AvgIpc) is 3.20. The van der Waals surface area contributed by atoms with Crippen molar-refractivity contribution in [3.63, 3.8) is 0 Å². The Balaban J connectivity index is 2.00. The van der Waals surface area contributed by atoms with Crippen LogP contribution in [0.5, 0.6) is 0 Å². The van der Waals surface area contributed by atoms with Crippen molar-refractivity contribution < 1.29 is 14.3 Å². The summed E-state index contributed by atoms with van der Waals surface area (Å²) in [5, 5.41) is 0. The van der Waals surface area contributed by atoms with E-state index >= 15 is 0 Å². The van der Waals surface area contributed by atoms with Gasteiger partial charge in [0.2, 0.25) is 0 Å². The van der Waals surface area contributed by atoms with Crippen LogP contribution in [0.15, 0.2) is 23.3 Å². The number of fused-ring (bicyclic) bond motifs is 1. The van der Waals surface area contributed by atoms with Crippen LogP contribution in [0.3, 0.4) is 0 Å². The Kier molecular flexibility index (Phi) is 7.09. The lowest BCUT2D eigenvalue weighted by molar-refractivity contribution is -0.141. The van der Waals surface area contributed by atoms with Gasteiger partial charge in [0.25, 0.3) is 0 Å². The standard InChI is InChI=1S/C21H34O3/c1-16-8-5-9-17(2)11-7-13-20-21(24-20,14-15-23-19(4)22)18(3)12-6-10-16/h9-10,18,20H,5-8,11-15H2,1-4H3/b16-10+,17-9+/t18-,20+,21+/m0/s1. The van der Waals surface area contributed by atoms with Crippen molar-refractivity contribution in [2.75, 3.05) is 6.61 Å². The number of hydrogen-bond acceptors (Lipinski definition) is 3. The van der Waals surface area contributed by atoms with Crippen molar-refractivity contribution in [2.24, 2.45) is 5.92 Å². The normalized spacial score (nSPS) is 36.3. The molecule has 2 rings (SSSR count). The van der Waals surface area contributed by atoms with E-state index in [4.69, 9.17) is 9.47 Å². The van der Waals surface area contributed by atoms with E-state index in [-0.39, 0.29) is 11.6 Å². The molecular weight excluding hydrogens is 300 g/mol. The van der Waals surface area contributed by atoms with Crippen LogP contribution in [0.1, 0.15) is 79.1 Å². The van der Waals surface area contributed by atoms with Gasteiger partial charge in [-0.3, -0.25) is 4.79 Å². The molecule has 0 unspecified atom stereocenters. The van der Waals surface area contributed by atoms with Gasteiger partial charge < -0.3 is 9.47 Å². The molecule has 1 aliphatic heterocycles. The summed E-state index contributed by atoms with van der Waals surface area (Å²) >= 11 is 0. The minimum atomic E-state index is -0.198. The Morgan fingerprint density at radius 1 is 1.21 bits per heavy atom. The molecule has 2 aliphatic rings. The molecule has 0 bridgehead atoms. The summed E-state index contributed by atoms with van der Waals surface area (Å²) in [7, 11) is 0. The van der Waals surface area contributed by atoms with Crippen LogP contribution in [0, 0.1) is 5.92 Å². The van der Waals surface area contributed by atoms with Crippen molar-refractivity contribution >= 4 is 5.97 Å². The zero-order valence-electron chi connectivity index (χ0n) is 15.9. The summed E-state index contributed by atoms with van der Waals surface area (Å²) in [6.07, 6.45) is 14.0. The maximum Gasteiger partial charge on any atom is 0.302 e. The van der Waals surface area contributed by atoms with Crippen molar-refractivity contribution in [2.45, 2.75) is 90.8 Å². The molecule has 0 amide bonds. The largest absolute Gasteiger partial charge is 0.466 e. The number of hydrogen-bond donors (Lipinski definition) is 0. The zero-order chi connectivity index (χ0) is 17.6. The van der Waals surface area contributed by atoms with Crippen molar-refractivity contribution in [1.82, 2.24) is 0 Å². The minimum absolute atomic E-state index is 0.0705. The summed E-state index contributed by atoms with van der Waals surface area (Å²) in [5.74, 6) is 0.304. The van der Waals surface area contributed by atoms with Gasteiger partial charge in [0.05, 0.1) is 12.7 Å². The van der Waals surface area contributed by atoms with Gasteiger partial charge in [-0.25, -0.2) is 0 Å². The first kappa shape index (κ1) is 19.2. The SMILES string of the molecule is CC(=O)OCC[C@]12O[C@@H]1CCC/C(C)=C/CC/C(C)=C/CC[C@@H]2C. The van der Waals surface area contributed by atoms with Crippen LogP contribution >= 0.6 is 0 Å². The summed E-state index contributed by atoms with van der Waals surface area (Å²) in [6.45, 7) is 8.74. The molecule has 0 spiro atoms. The molecule has 0 saturated carbocycles. The topological polar surface area (TPSA) is 38.8 Å². The fraction of sp³-hybridized carbons (Fsp3) is 0.762. The van der Waals surface area contributed by atoms with Crippen molar-refractivity contribution in [3.8, 4) is 0 Å². The number of allylic oxidation sites excluding steroid dienone is 4. The van der Waals surface area contributed by atoms with Crippen LogP contribution in [-0.4, -0.2) is 24.3 Å². The predicted molar refractivity (Wildman–Crippen MR) is 97.9 cm³/mol. The summed E-state index contributed by atoms with van der Waals surface area (Å²) in [5.41, 5.74) is 2.92. The van der Waals surface area contributed by atoms with E-state index in [1.54, 1.807) is 0 Å². The molecule has 0 aromatic carbocycles. The highest BCUT2D eigenvalue weighted by Crippen LogP contribution is 2.50. The van der Waals surface area contributed by atoms with E-state index in [2.05, 4.69) is 32.9 Å². The molecule has 1 heterocycles. The maximum atomic E-state index is 11.1. The van der Waals surface area contributed by atoms with Gasteiger partial charge in [0.1, 0.15) is 5.60 Å². The van der Waals surface area contributed by atoms with Gasteiger partial charge in [0, 0.05) is 13.3 Å². The van der Waals surface area contributed by atoms with E-state index < -0.39 is 0 Å². The molecule has 3 heteroatoms. The van der Waals surface area contributed by atoms with E-state index in [0.29, 0.717) is 18.6 Å². The first-order valence-electron chi connectivity index (χ1n) is 9.56. The predicted octanol–water partition coefficient (Wildman–Crippen LogP) is 5.35. The monoisotopic (exact) mass is 334 g/mol. The first-order valence-corrected chi connectivity index (χ1v) is 9.56. The van der Waals surface area contributed by atoms with E-state index in [1.807, 2.05) is 0 Å². The number of ether oxygens (including phenoxy) is 2. The molecule has 136 valence electrons. The van der Waals surface area contributed by atoms with Crippen LogP contribution in [-0.2, 0) is 14.3 Å². The molecular formula is C21H34O3. The molecule has 1 fully saturated rings. The molecule has 3 atom stereocenters. The van der Waals surface area contributed by atoms with E-state index in [0.717, 1.165) is 38.5 Å². The zero-order valence-corrected chi connectivity index (χ0v) is 15.9. The third kappa shape index (κ3) is 5.47. The van der Waals surface area contributed by atoms with Crippen LogP contribution in [0.4, 0.5) is 0 Å². The number of carbonyl (C=O) groups is 1. The molecule has 0 aromatic rings. The smallest absolute Gasteiger partial charge is 0.302 e. The lowest BCUT2D eigenvalue weighted by Crippen LogP contribution is -2.27. The minimum Gasteiger partial charge on any atom is -0.466 e. The fourth-order valence-electron chi connectivity index (χ4n) is 3.93. The number of carbonyl (C=O) groups excluding carboxylic acids is 1. The second-order valence-electron chi connectivity index (χ2n) is 7.66. The third-order valence-corrected chi connectivity index (χ3v) is 5.64. The van der Waals surface area contributed by atoms with E-state index in [9.17, 15) is 4.79 Å². The lowest BCUT2D eigenvalue weighted by Gasteiger charge is -2.21. The molecule has 24 heavy (non-hydrogen) atoms. The highest BCUT2D eigenvalue weighted by atomic mass is 16.6. The second kappa shape index (κ2) is 8.84. The number of rotatable bonds is 3. The molecule has 1 saturated heterocycles. The highest BCUT2D eigenvalue weighted by molar-refractivity contribution is 5.65. The maximum absolute atomic E-state index is 11.1. The van der Waals surface area contributed by atoms with E-state index in [1.165, 1.54) is 30.9 Å². The summed E-state index contributed by atoms with van der Waals surface area (Å²) < 4.78 is 11.4. The Bertz CT molecular complexity index is 491. The molecule has 3 nitrogen and oxygen atoms in total. The third-order valence-electron chi connectivity index (χ3n) is 5.64. The van der Waals surface area contributed by atoms with Gasteiger partial charge in [-0.05, 0) is 64.7 Å². The lowest BCUT2D eigenvalue weighted by atomic mass is 9.82. The van der Waals surface area contributed by atoms with Gasteiger partial charge in [0.15, 0.2) is 0 Å². The Hall–Kier alpha value is -1.09. The number of epoxide rings is 1. The van der Waals surface area contributed by atoms with Crippen molar-refractivity contribution in [3.05, 3.63) is 23.3 Å².